The molecular weight excluding hydrogens is 330 g/mol. The summed E-state index contributed by atoms with van der Waals surface area (Å²) in [6.07, 6.45) is 1.36. The third-order valence-electron chi connectivity index (χ3n) is 5.53. The Morgan fingerprint density at radius 2 is 1.88 bits per heavy atom. The Labute approximate surface area is 153 Å². The SMILES string of the molecule is COc1ccc2cc(C(C)C(=O)N3CCC[C@H](C(=O)O)[C@@H]3C)ccc2c1. The van der Waals surface area contributed by atoms with Gasteiger partial charge in [0.15, 0.2) is 0 Å². The maximum absolute atomic E-state index is 13.0. The smallest absolute Gasteiger partial charge is 0.308 e. The molecule has 0 aliphatic carbocycles. The lowest BCUT2D eigenvalue weighted by Crippen LogP contribution is -2.50. The van der Waals surface area contributed by atoms with Gasteiger partial charge in [0.1, 0.15) is 5.75 Å². The molecule has 1 fully saturated rings. The first-order valence-electron chi connectivity index (χ1n) is 9.03. The molecule has 26 heavy (non-hydrogen) atoms. The molecule has 3 rings (SSSR count). The number of carboxylic acids is 1. The predicted molar refractivity (Wildman–Crippen MR) is 100 cm³/mol. The average molecular weight is 355 g/mol. The van der Waals surface area contributed by atoms with Gasteiger partial charge in [-0.1, -0.05) is 24.3 Å². The van der Waals surface area contributed by atoms with Crippen LogP contribution >= 0.6 is 0 Å². The fourth-order valence-electron chi connectivity index (χ4n) is 3.81. The van der Waals surface area contributed by atoms with Crippen LogP contribution in [0, 0.1) is 5.92 Å². The number of amides is 1. The first-order valence-corrected chi connectivity index (χ1v) is 9.03. The number of carboxylic acid groups (broad SMARTS) is 1. The monoisotopic (exact) mass is 355 g/mol. The molecule has 1 heterocycles. The lowest BCUT2D eigenvalue weighted by molar-refractivity contribution is -0.149. The predicted octanol–water partition coefficient (Wildman–Crippen LogP) is 3.66. The summed E-state index contributed by atoms with van der Waals surface area (Å²) in [4.78, 5) is 26.2. The number of benzene rings is 2. The number of hydrogen-bond acceptors (Lipinski definition) is 3. The zero-order chi connectivity index (χ0) is 18.8. The first-order chi connectivity index (χ1) is 12.4. The van der Waals surface area contributed by atoms with Gasteiger partial charge in [-0.3, -0.25) is 9.59 Å². The molecule has 5 nitrogen and oxygen atoms in total. The van der Waals surface area contributed by atoms with E-state index in [1.807, 2.05) is 50.2 Å². The zero-order valence-corrected chi connectivity index (χ0v) is 15.4. The summed E-state index contributed by atoms with van der Waals surface area (Å²) in [6, 6.07) is 11.6. The largest absolute Gasteiger partial charge is 0.497 e. The quantitative estimate of drug-likeness (QED) is 0.909. The van der Waals surface area contributed by atoms with Crippen LogP contribution in [0.2, 0.25) is 0 Å². The number of rotatable bonds is 4. The van der Waals surface area contributed by atoms with Crippen molar-refractivity contribution in [3.8, 4) is 5.75 Å². The topological polar surface area (TPSA) is 66.8 Å². The van der Waals surface area contributed by atoms with Gasteiger partial charge in [0.2, 0.25) is 5.91 Å². The van der Waals surface area contributed by atoms with Crippen LogP contribution in [0.5, 0.6) is 5.75 Å². The second kappa shape index (κ2) is 7.36. The maximum Gasteiger partial charge on any atom is 0.308 e. The highest BCUT2D eigenvalue weighted by molar-refractivity contribution is 5.89. The molecule has 1 N–H and O–H groups in total. The number of fused-ring (bicyclic) bond motifs is 1. The summed E-state index contributed by atoms with van der Waals surface area (Å²) >= 11 is 0. The van der Waals surface area contributed by atoms with Gasteiger partial charge >= 0.3 is 5.97 Å². The molecule has 1 aliphatic heterocycles. The van der Waals surface area contributed by atoms with Crippen molar-refractivity contribution in [2.24, 2.45) is 5.92 Å². The van der Waals surface area contributed by atoms with Gasteiger partial charge in [-0.05, 0) is 55.2 Å². The third-order valence-corrected chi connectivity index (χ3v) is 5.53. The van der Waals surface area contributed by atoms with E-state index in [1.54, 1.807) is 12.0 Å². The summed E-state index contributed by atoms with van der Waals surface area (Å²) in [5.74, 6) is -0.810. The Hall–Kier alpha value is -2.56. The van der Waals surface area contributed by atoms with Crippen LogP contribution in [-0.4, -0.2) is 41.6 Å². The molecule has 1 aliphatic rings. The standard InChI is InChI=1S/C21H25NO4/c1-13(20(23)22-10-4-5-19(14(22)2)21(24)25)15-6-7-17-12-18(26-3)9-8-16(17)11-15/h6-9,11-14,19H,4-5,10H2,1-3H3,(H,24,25)/t13?,14-,19-/m0/s1. The number of likely N-dealkylation sites (tertiary alicyclic amines) is 1. The lowest BCUT2D eigenvalue weighted by Gasteiger charge is -2.39. The van der Waals surface area contributed by atoms with Crippen molar-refractivity contribution in [3.05, 3.63) is 42.0 Å². The molecule has 0 spiro atoms. The summed E-state index contributed by atoms with van der Waals surface area (Å²) < 4.78 is 5.25. The van der Waals surface area contributed by atoms with Crippen LogP contribution in [-0.2, 0) is 9.59 Å². The first kappa shape index (κ1) is 18.2. The van der Waals surface area contributed by atoms with Gasteiger partial charge in [-0.25, -0.2) is 0 Å². The minimum atomic E-state index is -0.817. The lowest BCUT2D eigenvalue weighted by atomic mass is 9.88. The highest BCUT2D eigenvalue weighted by Crippen LogP contribution is 2.30. The highest BCUT2D eigenvalue weighted by atomic mass is 16.5. The number of carbonyl (C=O) groups is 2. The van der Waals surface area contributed by atoms with Crippen molar-refractivity contribution < 1.29 is 19.4 Å². The van der Waals surface area contributed by atoms with E-state index in [1.165, 1.54) is 0 Å². The molecule has 2 aromatic carbocycles. The van der Waals surface area contributed by atoms with E-state index in [2.05, 4.69) is 0 Å². The van der Waals surface area contributed by atoms with E-state index < -0.39 is 11.9 Å². The Morgan fingerprint density at radius 1 is 1.19 bits per heavy atom. The Kier molecular flexibility index (Phi) is 5.16. The molecule has 1 saturated heterocycles. The highest BCUT2D eigenvalue weighted by Gasteiger charge is 2.36. The molecule has 0 aromatic heterocycles. The van der Waals surface area contributed by atoms with E-state index in [-0.39, 0.29) is 17.9 Å². The van der Waals surface area contributed by atoms with Gasteiger partial charge in [0.05, 0.1) is 18.9 Å². The number of aliphatic carboxylic acids is 1. The van der Waals surface area contributed by atoms with Gasteiger partial charge in [-0.15, -0.1) is 0 Å². The fraction of sp³-hybridized carbons (Fsp3) is 0.429. The number of ether oxygens (including phenoxy) is 1. The van der Waals surface area contributed by atoms with Crippen molar-refractivity contribution >= 4 is 22.6 Å². The van der Waals surface area contributed by atoms with Crippen LogP contribution in [0.1, 0.15) is 38.2 Å². The summed E-state index contributed by atoms with van der Waals surface area (Å²) in [5, 5.41) is 11.5. The second-order valence-electron chi connectivity index (χ2n) is 7.05. The van der Waals surface area contributed by atoms with Gasteiger partial charge in [-0.2, -0.15) is 0 Å². The average Bonchev–Trinajstić information content (AvgIpc) is 2.65. The van der Waals surface area contributed by atoms with Crippen LogP contribution in [0.3, 0.4) is 0 Å². The van der Waals surface area contributed by atoms with E-state index in [0.717, 1.165) is 28.5 Å². The molecule has 1 unspecified atom stereocenters. The third kappa shape index (κ3) is 3.39. The van der Waals surface area contributed by atoms with Crippen LogP contribution in [0.4, 0.5) is 0 Å². The Morgan fingerprint density at radius 3 is 2.58 bits per heavy atom. The molecule has 5 heteroatoms. The molecule has 0 saturated carbocycles. The van der Waals surface area contributed by atoms with Crippen molar-refractivity contribution in [2.45, 2.75) is 38.6 Å². The molecule has 138 valence electrons. The molecule has 0 radical (unpaired) electrons. The van der Waals surface area contributed by atoms with Crippen molar-refractivity contribution in [3.63, 3.8) is 0 Å². The summed E-state index contributed by atoms with van der Waals surface area (Å²) in [5.41, 5.74) is 0.942. The van der Waals surface area contributed by atoms with Crippen molar-refractivity contribution in [1.29, 1.82) is 0 Å². The number of piperidine rings is 1. The van der Waals surface area contributed by atoms with Gasteiger partial charge < -0.3 is 14.7 Å². The molecule has 3 atom stereocenters. The Balaban J connectivity index is 1.83. The number of nitrogens with zero attached hydrogens (tertiary/aromatic N) is 1. The molecule has 0 bridgehead atoms. The fourth-order valence-corrected chi connectivity index (χ4v) is 3.81. The van der Waals surface area contributed by atoms with E-state index in [0.29, 0.717) is 13.0 Å². The minimum Gasteiger partial charge on any atom is -0.497 e. The van der Waals surface area contributed by atoms with Crippen molar-refractivity contribution in [2.75, 3.05) is 13.7 Å². The van der Waals surface area contributed by atoms with E-state index in [4.69, 9.17) is 4.74 Å². The van der Waals surface area contributed by atoms with Crippen molar-refractivity contribution in [1.82, 2.24) is 4.90 Å². The number of carbonyl (C=O) groups excluding carboxylic acids is 1. The minimum absolute atomic E-state index is 0.00342. The number of methoxy groups -OCH3 is 1. The summed E-state index contributed by atoms with van der Waals surface area (Å²) in [6.45, 7) is 4.36. The molecule has 1 amide bonds. The molecule has 2 aromatic rings. The van der Waals surface area contributed by atoms with Crippen LogP contribution in [0.25, 0.3) is 10.8 Å². The zero-order valence-electron chi connectivity index (χ0n) is 15.4. The molecular formula is C21H25NO4. The van der Waals surface area contributed by atoms with Gasteiger partial charge in [0, 0.05) is 12.6 Å². The Bertz CT molecular complexity index is 832. The van der Waals surface area contributed by atoms with Gasteiger partial charge in [0.25, 0.3) is 0 Å². The van der Waals surface area contributed by atoms with E-state index >= 15 is 0 Å². The summed E-state index contributed by atoms with van der Waals surface area (Å²) in [7, 11) is 1.64. The maximum atomic E-state index is 13.0. The normalized spacial score (nSPS) is 21.4. The van der Waals surface area contributed by atoms with Crippen LogP contribution < -0.4 is 4.74 Å². The van der Waals surface area contributed by atoms with Crippen LogP contribution in [0.15, 0.2) is 36.4 Å². The second-order valence-corrected chi connectivity index (χ2v) is 7.05. The number of hydrogen-bond donors (Lipinski definition) is 1. The van der Waals surface area contributed by atoms with E-state index in [9.17, 15) is 14.7 Å².